The van der Waals surface area contributed by atoms with Gasteiger partial charge in [0.05, 0.1) is 0 Å². The highest BCUT2D eigenvalue weighted by Gasteiger charge is 2.29. The second-order valence-corrected chi connectivity index (χ2v) is 5.86. The predicted molar refractivity (Wildman–Crippen MR) is 74.3 cm³/mol. The molecular formula is C13H15N3O2S. The Kier molecular flexibility index (Phi) is 3.35. The van der Waals surface area contributed by atoms with Crippen LogP contribution in [0.25, 0.3) is 0 Å². The van der Waals surface area contributed by atoms with Crippen LogP contribution in [-0.4, -0.2) is 20.9 Å². The van der Waals surface area contributed by atoms with E-state index in [1.807, 2.05) is 6.07 Å². The molecule has 1 saturated carbocycles. The molecule has 0 aromatic carbocycles. The molecule has 2 N–H and O–H groups in total. The summed E-state index contributed by atoms with van der Waals surface area (Å²) in [6.45, 7) is 1.49. The third-order valence-electron chi connectivity index (χ3n) is 3.19. The predicted octanol–water partition coefficient (Wildman–Crippen LogP) is 1.29. The molecule has 0 aliphatic heterocycles. The number of hydrogen-bond acceptors (Lipinski definition) is 4. The van der Waals surface area contributed by atoms with Gasteiger partial charge in [0.1, 0.15) is 0 Å². The molecule has 0 radical (unpaired) electrons. The molecule has 2 aromatic heterocycles. The Morgan fingerprint density at radius 3 is 2.74 bits per heavy atom. The van der Waals surface area contributed by atoms with Gasteiger partial charge < -0.3 is 4.98 Å². The quantitative estimate of drug-likeness (QED) is 0.865. The molecule has 100 valence electrons. The molecule has 1 aliphatic rings. The Balaban J connectivity index is 1.77. The normalized spacial score (nSPS) is 15.0. The first kappa shape index (κ1) is 12.4. The second-order valence-electron chi connectivity index (χ2n) is 4.83. The van der Waals surface area contributed by atoms with Gasteiger partial charge in [0, 0.05) is 35.8 Å². The van der Waals surface area contributed by atoms with E-state index in [1.54, 1.807) is 11.3 Å². The molecule has 5 nitrogen and oxygen atoms in total. The maximum atomic E-state index is 11.3. The van der Waals surface area contributed by atoms with Crippen molar-refractivity contribution >= 4 is 11.3 Å². The summed E-state index contributed by atoms with van der Waals surface area (Å²) in [5.41, 5.74) is -0.0998. The molecular weight excluding hydrogens is 262 g/mol. The summed E-state index contributed by atoms with van der Waals surface area (Å²) in [5, 5.41) is 2.06. The van der Waals surface area contributed by atoms with Crippen LogP contribution in [0.5, 0.6) is 0 Å². The first-order valence-electron chi connectivity index (χ1n) is 6.30. The zero-order chi connectivity index (χ0) is 13.2. The summed E-state index contributed by atoms with van der Waals surface area (Å²) in [6.07, 6.45) is 2.39. The van der Waals surface area contributed by atoms with E-state index in [2.05, 4.69) is 26.3 Å². The highest BCUT2D eigenvalue weighted by Crippen LogP contribution is 2.30. The molecule has 0 bridgehead atoms. The number of nitrogens with zero attached hydrogens (tertiary/aromatic N) is 1. The SMILES string of the molecule is O=c1cc(CN(Cc2cccs2)C2CC2)[nH]c(=O)[nH]1. The molecule has 0 unspecified atom stereocenters. The molecule has 1 fully saturated rings. The number of aromatic nitrogens is 2. The Bertz CT molecular complexity index is 627. The van der Waals surface area contributed by atoms with Crippen molar-refractivity contribution in [2.24, 2.45) is 0 Å². The van der Waals surface area contributed by atoms with Gasteiger partial charge in [-0.3, -0.25) is 14.7 Å². The number of nitrogens with one attached hydrogen (secondary N) is 2. The average molecular weight is 277 g/mol. The molecule has 0 atom stereocenters. The number of thiophene rings is 1. The zero-order valence-electron chi connectivity index (χ0n) is 10.4. The van der Waals surface area contributed by atoms with Crippen molar-refractivity contribution in [3.8, 4) is 0 Å². The fourth-order valence-electron chi connectivity index (χ4n) is 2.18. The monoisotopic (exact) mass is 277 g/mol. The maximum Gasteiger partial charge on any atom is 0.325 e. The minimum Gasteiger partial charge on any atom is -0.310 e. The third-order valence-corrected chi connectivity index (χ3v) is 4.05. The average Bonchev–Trinajstić information content (AvgIpc) is 3.06. The lowest BCUT2D eigenvalue weighted by Crippen LogP contribution is -2.29. The maximum absolute atomic E-state index is 11.3. The van der Waals surface area contributed by atoms with Gasteiger partial charge in [-0.1, -0.05) is 6.07 Å². The molecule has 0 saturated heterocycles. The number of aromatic amines is 2. The molecule has 3 rings (SSSR count). The van der Waals surface area contributed by atoms with E-state index in [4.69, 9.17) is 0 Å². The topological polar surface area (TPSA) is 69.0 Å². The summed E-state index contributed by atoms with van der Waals surface area (Å²) >= 11 is 1.73. The van der Waals surface area contributed by atoms with Crippen LogP contribution in [0.15, 0.2) is 33.2 Å². The van der Waals surface area contributed by atoms with Crippen molar-refractivity contribution in [1.29, 1.82) is 0 Å². The van der Waals surface area contributed by atoms with Crippen molar-refractivity contribution in [3.05, 3.63) is 55.0 Å². The van der Waals surface area contributed by atoms with Crippen molar-refractivity contribution in [3.63, 3.8) is 0 Å². The van der Waals surface area contributed by atoms with Crippen LogP contribution in [0.4, 0.5) is 0 Å². The van der Waals surface area contributed by atoms with E-state index < -0.39 is 5.69 Å². The van der Waals surface area contributed by atoms with Crippen molar-refractivity contribution < 1.29 is 0 Å². The van der Waals surface area contributed by atoms with E-state index in [0.29, 0.717) is 18.3 Å². The summed E-state index contributed by atoms with van der Waals surface area (Å²) in [6, 6.07) is 6.19. The van der Waals surface area contributed by atoms with Crippen LogP contribution in [0.1, 0.15) is 23.4 Å². The van der Waals surface area contributed by atoms with E-state index in [0.717, 1.165) is 6.54 Å². The molecule has 2 heterocycles. The summed E-state index contributed by atoms with van der Waals surface area (Å²) < 4.78 is 0. The summed E-state index contributed by atoms with van der Waals surface area (Å²) in [5.74, 6) is 0. The van der Waals surface area contributed by atoms with Gasteiger partial charge in [-0.2, -0.15) is 0 Å². The molecule has 1 aliphatic carbocycles. The standard InChI is InChI=1S/C13H15N3O2S/c17-12-6-9(14-13(18)15-12)7-16(10-3-4-10)8-11-2-1-5-19-11/h1-2,5-6,10H,3-4,7-8H2,(H2,14,15,17,18). The van der Waals surface area contributed by atoms with Gasteiger partial charge in [0.15, 0.2) is 0 Å². The smallest absolute Gasteiger partial charge is 0.310 e. The second kappa shape index (κ2) is 5.14. The van der Waals surface area contributed by atoms with Crippen LogP contribution in [0.3, 0.4) is 0 Å². The van der Waals surface area contributed by atoms with E-state index in [9.17, 15) is 9.59 Å². The van der Waals surface area contributed by atoms with Crippen LogP contribution < -0.4 is 11.2 Å². The van der Waals surface area contributed by atoms with Gasteiger partial charge in [-0.25, -0.2) is 4.79 Å². The highest BCUT2D eigenvalue weighted by molar-refractivity contribution is 7.09. The van der Waals surface area contributed by atoms with E-state index >= 15 is 0 Å². The lowest BCUT2D eigenvalue weighted by Gasteiger charge is -2.20. The summed E-state index contributed by atoms with van der Waals surface area (Å²) in [4.78, 5) is 31.1. The number of H-pyrrole nitrogens is 2. The fourth-order valence-corrected chi connectivity index (χ4v) is 2.91. The van der Waals surface area contributed by atoms with E-state index in [1.165, 1.54) is 23.8 Å². The van der Waals surface area contributed by atoms with E-state index in [-0.39, 0.29) is 5.56 Å². The van der Waals surface area contributed by atoms with Gasteiger partial charge in [-0.15, -0.1) is 11.3 Å². The van der Waals surface area contributed by atoms with Gasteiger partial charge in [0.25, 0.3) is 5.56 Å². The third kappa shape index (κ3) is 3.21. The fraction of sp³-hybridized carbons (Fsp3) is 0.385. The highest BCUT2D eigenvalue weighted by atomic mass is 32.1. The number of hydrogen-bond donors (Lipinski definition) is 2. The van der Waals surface area contributed by atoms with Crippen LogP contribution in [0, 0.1) is 0 Å². The molecule has 6 heteroatoms. The van der Waals surface area contributed by atoms with Gasteiger partial charge in [-0.05, 0) is 24.3 Å². The van der Waals surface area contributed by atoms with Crippen LogP contribution in [0.2, 0.25) is 0 Å². The minimum atomic E-state index is -0.436. The Morgan fingerprint density at radius 1 is 1.26 bits per heavy atom. The van der Waals surface area contributed by atoms with Crippen molar-refractivity contribution in [2.45, 2.75) is 32.0 Å². The molecule has 0 spiro atoms. The molecule has 0 amide bonds. The van der Waals surface area contributed by atoms with Gasteiger partial charge in [0.2, 0.25) is 0 Å². The minimum absolute atomic E-state index is 0.342. The largest absolute Gasteiger partial charge is 0.325 e. The first-order valence-corrected chi connectivity index (χ1v) is 7.17. The molecule has 2 aromatic rings. The van der Waals surface area contributed by atoms with Crippen molar-refractivity contribution in [2.75, 3.05) is 0 Å². The lowest BCUT2D eigenvalue weighted by atomic mass is 10.3. The van der Waals surface area contributed by atoms with Crippen molar-refractivity contribution in [1.82, 2.24) is 14.9 Å². The number of rotatable bonds is 5. The first-order chi connectivity index (χ1) is 9.20. The summed E-state index contributed by atoms with van der Waals surface area (Å²) in [7, 11) is 0. The van der Waals surface area contributed by atoms with Crippen LogP contribution >= 0.6 is 11.3 Å². The van der Waals surface area contributed by atoms with Crippen LogP contribution in [-0.2, 0) is 13.1 Å². The van der Waals surface area contributed by atoms with Gasteiger partial charge >= 0.3 is 5.69 Å². The lowest BCUT2D eigenvalue weighted by molar-refractivity contribution is 0.244. The Morgan fingerprint density at radius 2 is 2.11 bits per heavy atom. The Labute approximate surface area is 113 Å². The Hall–Kier alpha value is -1.66. The zero-order valence-corrected chi connectivity index (χ0v) is 11.2. The molecule has 19 heavy (non-hydrogen) atoms.